The Morgan fingerprint density at radius 2 is 0.492 bits per heavy atom. The Morgan fingerprint density at radius 3 is 0.742 bits per heavy atom. The van der Waals surface area contributed by atoms with Crippen LogP contribution in [-0.4, -0.2) is 105 Å². The molecule has 0 amide bonds. The Hall–Kier alpha value is -11.4. The molecule has 15 rings (SSSR count). The summed E-state index contributed by atoms with van der Waals surface area (Å²) in [7, 11) is 0. The first-order valence-electron chi connectivity index (χ1n) is 33.3. The maximum absolute atomic E-state index is 13.4. The summed E-state index contributed by atoms with van der Waals surface area (Å²) < 4.78 is 180. The number of benzene rings is 5. The Balaban J connectivity index is 0.000000712. The third-order valence-corrected chi connectivity index (χ3v) is 14.9. The van der Waals surface area contributed by atoms with Crippen molar-refractivity contribution in [3.63, 3.8) is 0 Å². The van der Waals surface area contributed by atoms with Crippen LogP contribution >= 0.6 is 50.7 Å². The second-order valence-electron chi connectivity index (χ2n) is 22.5. The van der Waals surface area contributed by atoms with Gasteiger partial charge in [-0.3, -0.25) is 35.1 Å². The van der Waals surface area contributed by atoms with E-state index in [1.165, 1.54) is 67.4 Å². The number of carbonyl (C=O) groups is 5. The molecule has 673 valence electrons. The van der Waals surface area contributed by atoms with Crippen LogP contribution in [0.15, 0.2) is 261 Å². The molecule has 0 spiro atoms. The maximum Gasteiger partial charge on any atom is 0.354 e. The van der Waals surface area contributed by atoms with Crippen LogP contribution in [0.5, 0.6) is 0 Å². The van der Waals surface area contributed by atoms with Gasteiger partial charge in [0.1, 0.15) is 40.6 Å². The number of nitrogens with zero attached hydrogens (tertiary/aromatic N) is 10. The van der Waals surface area contributed by atoms with Gasteiger partial charge in [0.2, 0.25) is 0 Å². The quantitative estimate of drug-likeness (QED) is 0.0627. The van der Waals surface area contributed by atoms with E-state index in [1.54, 1.807) is 48.7 Å². The van der Waals surface area contributed by atoms with Gasteiger partial charge in [-0.05, 0) is 112 Å². The molecule has 5 aromatic carbocycles. The van der Waals surface area contributed by atoms with Gasteiger partial charge in [-0.1, -0.05) is 116 Å². The summed E-state index contributed by atoms with van der Waals surface area (Å²) in [6.07, 6.45) is 12.9. The number of carboxylic acid groups (broad SMARTS) is 5. The predicted octanol–water partition coefficient (Wildman–Crippen LogP) is 21.3. The molecule has 0 aliphatic rings. The average molecular weight is 2780 g/mol. The molecule has 128 heavy (non-hydrogen) atoms. The van der Waals surface area contributed by atoms with Gasteiger partial charge in [0.05, 0.1) is 0 Å². The molecule has 10 heterocycles. The molecule has 0 bridgehead atoms. The zero-order valence-corrected chi connectivity index (χ0v) is 78.8. The van der Waals surface area contributed by atoms with Crippen molar-refractivity contribution < 1.29 is 211 Å². The van der Waals surface area contributed by atoms with E-state index in [-0.39, 0.29) is 173 Å². The average Bonchev–Trinajstić information content (AvgIpc) is 0.853. The Labute approximate surface area is 807 Å². The van der Waals surface area contributed by atoms with E-state index in [4.69, 9.17) is 60.3 Å². The smallest absolute Gasteiger partial charge is 0.354 e. The molecule has 15 aromatic rings. The van der Waals surface area contributed by atoms with Crippen LogP contribution < -0.4 is 0 Å². The van der Waals surface area contributed by atoms with Crippen molar-refractivity contribution in [2.45, 2.75) is 0 Å². The summed E-state index contributed by atoms with van der Waals surface area (Å²) in [5.41, 5.74) is 1.20. The number of aromatic carboxylic acids is 5. The Bertz CT molecular complexity index is 5540. The maximum atomic E-state index is 13.4. The van der Waals surface area contributed by atoms with Crippen molar-refractivity contribution in [2.24, 2.45) is 0 Å². The molecule has 0 fully saturated rings. The zero-order valence-electron chi connectivity index (χ0n) is 63.0. The number of pyridine rings is 10. The van der Waals surface area contributed by atoms with E-state index >= 15 is 0 Å². The number of rotatable bonds is 10. The fraction of sp³-hybridized carbons (Fsp3) is 0. The fourth-order valence-electron chi connectivity index (χ4n) is 8.46. The van der Waals surface area contributed by atoms with Gasteiger partial charge in [-0.15, -0.1) is 88.2 Å². The van der Waals surface area contributed by atoms with Crippen molar-refractivity contribution in [1.29, 1.82) is 0 Å². The fourth-order valence-corrected chi connectivity index (χ4v) is 9.24. The van der Waals surface area contributed by atoms with Gasteiger partial charge in [0, 0.05) is 243 Å². The van der Waals surface area contributed by atoms with E-state index in [2.05, 4.69) is 96.1 Å². The molecule has 10 aromatic heterocycles. The number of aromatic nitrogens is 10. The molecule has 5 N–H and O–H groups in total. The first-order chi connectivity index (χ1) is 58.5. The predicted molar refractivity (Wildman–Crippen MR) is 421 cm³/mol. The van der Waals surface area contributed by atoms with Gasteiger partial charge in [-0.2, -0.15) is 0 Å². The van der Waals surface area contributed by atoms with Crippen molar-refractivity contribution >= 4 is 80.6 Å². The second-order valence-corrected chi connectivity index (χ2v) is 24.8. The van der Waals surface area contributed by atoms with Gasteiger partial charge in [0.25, 0.3) is 0 Å². The van der Waals surface area contributed by atoms with Gasteiger partial charge in [0.15, 0.2) is 22.8 Å². The third-order valence-electron chi connectivity index (χ3n) is 13.8. The monoisotopic (exact) mass is 2780 g/mol. The second kappa shape index (κ2) is 59.6. The summed E-state index contributed by atoms with van der Waals surface area (Å²) in [4.78, 5) is 87.3. The molecule has 0 saturated carbocycles. The first-order valence-corrected chi connectivity index (χ1v) is 35.2. The largest absolute Gasteiger partial charge is 0.477 e. The van der Waals surface area contributed by atoms with Crippen LogP contribution in [0.2, 0.25) is 15.1 Å². The van der Waals surface area contributed by atoms with E-state index in [0.29, 0.717) is 43.2 Å². The Kier molecular flexibility index (Phi) is 53.3. The number of halogens is 18. The minimum Gasteiger partial charge on any atom is -0.477 e. The molecular weight excluding hydrogens is 2730 g/mol. The topological polar surface area (TPSA) is 315 Å². The van der Waals surface area contributed by atoms with Crippen LogP contribution in [0.4, 0.5) is 61.5 Å². The summed E-state index contributed by atoms with van der Waals surface area (Å²) in [6.45, 7) is 0. The molecule has 0 unspecified atom stereocenters. The Morgan fingerprint density at radius 1 is 0.242 bits per heavy atom. The standard InChI is InChI=1S/C11H6BrFN.3C11H5ClF2N.C11H5F3N.4C6H4FNO2.C6H5NO2.5Ir/c12-8-4-5-9(10(13)7-8)11-3-1-2-6-14-11;2*12-7-3-4-15-11(5-7)9-2-1-8(13)6-10(9)14;2*12-7-1-2-9(10(14)5-7)11-6-8(13)3-4-15-11;4*7-4-1-2-8-5(3-4)6(9)10;8-6(9)5-3-1-2-4-7-5;;;;;/h1-4,6-7H;4*1,3-6H;4*1-3H,(H,9,10);1-4H,(H,8,9);;;;;/q5*-1;;;;;;;;;;. The van der Waals surface area contributed by atoms with E-state index in [1.807, 2.05) is 6.07 Å². The zero-order chi connectivity index (χ0) is 90.2. The van der Waals surface area contributed by atoms with Gasteiger partial charge >= 0.3 is 29.8 Å². The van der Waals surface area contributed by atoms with Crippen LogP contribution in [0.25, 0.3) is 56.3 Å². The molecule has 43 heteroatoms. The van der Waals surface area contributed by atoms with E-state index in [0.717, 1.165) is 128 Å². The third kappa shape index (κ3) is 41.1. The number of carboxylic acids is 5. The summed E-state index contributed by atoms with van der Waals surface area (Å²) >= 11 is 20.2. The van der Waals surface area contributed by atoms with Gasteiger partial charge < -0.3 is 50.5 Å². The summed E-state index contributed by atoms with van der Waals surface area (Å²) in [6, 6.07) is 52.4. The number of hydrogen-bond acceptors (Lipinski definition) is 15. The molecule has 20 nitrogen and oxygen atoms in total. The molecule has 0 aliphatic carbocycles. The van der Waals surface area contributed by atoms with Crippen LogP contribution in [-0.2, 0) is 101 Å². The number of hydrogen-bond donors (Lipinski definition) is 5. The molecular formula is C85H47BrCl3F14Ir5N10O10-5. The van der Waals surface area contributed by atoms with E-state index < -0.39 is 105 Å². The van der Waals surface area contributed by atoms with Crippen LogP contribution in [0, 0.1) is 112 Å². The normalized spacial score (nSPS) is 9.48. The van der Waals surface area contributed by atoms with Gasteiger partial charge in [-0.25, -0.2) is 75.2 Å². The van der Waals surface area contributed by atoms with Crippen LogP contribution in [0.1, 0.15) is 52.4 Å². The first kappa shape index (κ1) is 115. The SMILES string of the molecule is Fc1c[c-]c(-c2cc(Cl)ccn2)c(F)c1.Fc1c[c-]c(-c2cc(Cl)ccn2)c(F)c1.Fc1cc(Br)c[c-]c1-c1ccccn1.Fc1ccnc(-c2[c-]cc(Cl)cc2F)c1.Fc1ccnc(-c2[c-]cc(F)cc2F)c1.O=C(O)c1cc(F)ccn1.O=C(O)c1cc(F)ccn1.O=C(O)c1cc(F)ccn1.O=C(O)c1cc(F)ccn1.O=C(O)c1ccccn1.[Ir].[Ir].[Ir].[Ir].[Ir]. The molecule has 5 radical (unpaired) electrons. The minimum absolute atomic E-state index is 0. The molecule has 0 aliphatic heterocycles. The summed E-state index contributed by atoms with van der Waals surface area (Å²) in [5.74, 6) is -14.4. The minimum atomic E-state index is -1.22. The van der Waals surface area contributed by atoms with E-state index in [9.17, 15) is 85.4 Å². The van der Waals surface area contributed by atoms with Crippen molar-refractivity contribution in [3.05, 3.63) is 416 Å². The molecule has 0 saturated heterocycles. The summed E-state index contributed by atoms with van der Waals surface area (Å²) in [5, 5.41) is 42.6. The van der Waals surface area contributed by atoms with Crippen molar-refractivity contribution in [3.8, 4) is 56.3 Å². The molecule has 0 atom stereocenters. The van der Waals surface area contributed by atoms with Crippen molar-refractivity contribution in [1.82, 2.24) is 49.8 Å². The van der Waals surface area contributed by atoms with Crippen LogP contribution in [0.3, 0.4) is 0 Å². The van der Waals surface area contributed by atoms with Crippen molar-refractivity contribution in [2.75, 3.05) is 0 Å².